The molecule has 1 saturated carbocycles. The van der Waals surface area contributed by atoms with Gasteiger partial charge in [0.15, 0.2) is 9.84 Å². The smallest absolute Gasteiger partial charge is 0.222 e. The highest BCUT2D eigenvalue weighted by atomic mass is 35.5. The molecule has 3 heterocycles. The molecule has 1 saturated heterocycles. The Hall–Kier alpha value is -2.71. The Morgan fingerprint density at radius 2 is 1.87 bits per heavy atom. The van der Waals surface area contributed by atoms with Gasteiger partial charge < -0.3 is 4.90 Å². The minimum Gasteiger partial charge on any atom is -0.341 e. The van der Waals surface area contributed by atoms with Crippen molar-refractivity contribution in [1.82, 2.24) is 19.7 Å². The van der Waals surface area contributed by atoms with Crippen molar-refractivity contribution in [1.29, 1.82) is 0 Å². The van der Waals surface area contributed by atoms with Gasteiger partial charge in [0.1, 0.15) is 0 Å². The van der Waals surface area contributed by atoms with E-state index in [1.807, 2.05) is 23.1 Å². The molecule has 2 aromatic heterocycles. The molecule has 2 atom stereocenters. The van der Waals surface area contributed by atoms with Crippen LogP contribution in [0.4, 0.5) is 0 Å². The normalized spacial score (nSPS) is 19.9. The summed E-state index contributed by atoms with van der Waals surface area (Å²) in [6.07, 6.45) is 4.56. The van der Waals surface area contributed by atoms with E-state index >= 15 is 0 Å². The predicted molar refractivity (Wildman–Crippen MR) is 148 cm³/mol. The Bertz CT molecular complexity index is 1410. The Morgan fingerprint density at radius 1 is 1.11 bits per heavy atom. The number of pyridine rings is 1. The van der Waals surface area contributed by atoms with Crippen molar-refractivity contribution < 1.29 is 13.2 Å². The molecule has 2 unspecified atom stereocenters. The molecule has 7 nitrogen and oxygen atoms in total. The van der Waals surface area contributed by atoms with E-state index in [1.165, 1.54) is 30.4 Å². The topological polar surface area (TPSA) is 85.2 Å². The van der Waals surface area contributed by atoms with Crippen LogP contribution in [-0.4, -0.2) is 52.8 Å². The first-order chi connectivity index (χ1) is 18.2. The van der Waals surface area contributed by atoms with E-state index in [1.54, 1.807) is 19.1 Å². The fourth-order valence-electron chi connectivity index (χ4n) is 5.38. The molecule has 2 fully saturated rings. The highest BCUT2D eigenvalue weighted by molar-refractivity contribution is 7.91. The fraction of sp³-hybridized carbons (Fsp3) is 0.483. The van der Waals surface area contributed by atoms with E-state index in [0.717, 1.165) is 5.56 Å². The highest BCUT2D eigenvalue weighted by Gasteiger charge is 2.40. The van der Waals surface area contributed by atoms with E-state index in [-0.39, 0.29) is 34.4 Å². The van der Waals surface area contributed by atoms with Crippen LogP contribution in [0.2, 0.25) is 5.02 Å². The van der Waals surface area contributed by atoms with Crippen molar-refractivity contribution in [2.75, 3.05) is 18.8 Å². The minimum atomic E-state index is -3.29. The molecule has 0 spiro atoms. The van der Waals surface area contributed by atoms with Crippen LogP contribution in [0.5, 0.6) is 0 Å². The summed E-state index contributed by atoms with van der Waals surface area (Å²) in [5, 5.41) is 5.67. The second-order valence-electron chi connectivity index (χ2n) is 10.8. The number of carbonyl (C=O) groups is 1. The number of halogens is 1. The van der Waals surface area contributed by atoms with E-state index < -0.39 is 9.84 Å². The zero-order valence-corrected chi connectivity index (χ0v) is 23.8. The van der Waals surface area contributed by atoms with Crippen molar-refractivity contribution in [2.45, 2.75) is 75.1 Å². The summed E-state index contributed by atoms with van der Waals surface area (Å²) in [4.78, 5) is 19.9. The second kappa shape index (κ2) is 10.8. The van der Waals surface area contributed by atoms with Gasteiger partial charge in [0.25, 0.3) is 0 Å². The van der Waals surface area contributed by atoms with Crippen LogP contribution >= 0.6 is 11.6 Å². The van der Waals surface area contributed by atoms with Crippen molar-refractivity contribution in [3.8, 4) is 0 Å². The maximum atomic E-state index is 13.4. The first-order valence-corrected chi connectivity index (χ1v) is 15.5. The van der Waals surface area contributed by atoms with Crippen LogP contribution < -0.4 is 0 Å². The predicted octanol–water partition coefficient (Wildman–Crippen LogP) is 5.53. The summed E-state index contributed by atoms with van der Waals surface area (Å²) >= 11 is 6.37. The molecular formula is C29H35ClN4O3S. The Balaban J connectivity index is 1.36. The molecule has 0 bridgehead atoms. The number of hydrogen-bond donors (Lipinski definition) is 0. The zero-order valence-electron chi connectivity index (χ0n) is 22.2. The minimum absolute atomic E-state index is 0.0360. The summed E-state index contributed by atoms with van der Waals surface area (Å²) in [6, 6.07) is 13.8. The third-order valence-electron chi connectivity index (χ3n) is 7.73. The van der Waals surface area contributed by atoms with Crippen LogP contribution in [0, 0.1) is 0 Å². The Labute approximate surface area is 230 Å². The van der Waals surface area contributed by atoms with Gasteiger partial charge in [-0.3, -0.25) is 14.5 Å². The maximum absolute atomic E-state index is 13.4. The van der Waals surface area contributed by atoms with E-state index in [0.29, 0.717) is 42.6 Å². The number of aromatic nitrogens is 3. The molecule has 202 valence electrons. The number of rotatable bonds is 9. The van der Waals surface area contributed by atoms with Crippen molar-refractivity contribution >= 4 is 27.3 Å². The van der Waals surface area contributed by atoms with Crippen molar-refractivity contribution in [3.63, 3.8) is 0 Å². The second-order valence-corrected chi connectivity index (χ2v) is 13.5. The SMILES string of the molecule is CCS(=O)(=O)c1ccc(CCC(=O)N2CC(c3cccc(Cl)c3)C(c3cc(C4CC4)nn3C(C)C)C2)nc1. The standard InChI is InChI=1S/C29H35ClN4O3S/c1-4-38(36,37)24-12-10-23(31-16-24)11-13-29(35)33-17-25(21-6-5-7-22(30)14-21)26(18-33)28-15-27(20-8-9-20)32-34(28)19(2)3/h5-7,10,12,14-16,19-20,25-26H,4,8-9,11,13,17-18H2,1-3H3. The summed E-state index contributed by atoms with van der Waals surface area (Å²) in [5.41, 5.74) is 4.21. The molecule has 1 amide bonds. The summed E-state index contributed by atoms with van der Waals surface area (Å²) < 4.78 is 26.3. The Morgan fingerprint density at radius 3 is 2.50 bits per heavy atom. The lowest BCUT2D eigenvalue weighted by Gasteiger charge is -2.21. The molecular weight excluding hydrogens is 520 g/mol. The largest absolute Gasteiger partial charge is 0.341 e. The molecule has 0 N–H and O–H groups in total. The van der Waals surface area contributed by atoms with Crippen LogP contribution in [0.15, 0.2) is 53.6 Å². The van der Waals surface area contributed by atoms with Crippen molar-refractivity contribution in [2.24, 2.45) is 0 Å². The summed E-state index contributed by atoms with van der Waals surface area (Å²) in [5.74, 6) is 0.911. The summed E-state index contributed by atoms with van der Waals surface area (Å²) in [6.45, 7) is 7.17. The third-order valence-corrected chi connectivity index (χ3v) is 9.68. The Kier molecular flexibility index (Phi) is 7.65. The number of hydrogen-bond acceptors (Lipinski definition) is 5. The van der Waals surface area contributed by atoms with Gasteiger partial charge in [0.2, 0.25) is 5.91 Å². The van der Waals surface area contributed by atoms with Gasteiger partial charge in [-0.15, -0.1) is 0 Å². The molecule has 3 aromatic rings. The van der Waals surface area contributed by atoms with E-state index in [9.17, 15) is 13.2 Å². The van der Waals surface area contributed by atoms with Gasteiger partial charge in [-0.2, -0.15) is 5.10 Å². The van der Waals surface area contributed by atoms with Crippen molar-refractivity contribution in [3.05, 3.63) is 76.3 Å². The number of amides is 1. The van der Waals surface area contributed by atoms with E-state index in [2.05, 4.69) is 35.6 Å². The summed E-state index contributed by atoms with van der Waals surface area (Å²) in [7, 11) is -3.29. The number of nitrogens with zero attached hydrogens (tertiary/aromatic N) is 4. The first-order valence-electron chi connectivity index (χ1n) is 13.5. The molecule has 5 rings (SSSR count). The maximum Gasteiger partial charge on any atom is 0.222 e. The van der Waals surface area contributed by atoms with Gasteiger partial charge >= 0.3 is 0 Å². The quantitative estimate of drug-likeness (QED) is 0.347. The number of aryl methyl sites for hydroxylation is 1. The third kappa shape index (κ3) is 5.66. The van der Waals surface area contributed by atoms with Gasteiger partial charge in [-0.05, 0) is 69.0 Å². The van der Waals surface area contributed by atoms with Gasteiger partial charge in [-0.1, -0.05) is 30.7 Å². The molecule has 1 aliphatic heterocycles. The zero-order chi connectivity index (χ0) is 27.0. The lowest BCUT2D eigenvalue weighted by Crippen LogP contribution is -2.29. The molecule has 2 aliphatic rings. The van der Waals surface area contributed by atoms with Crippen LogP contribution in [-0.2, 0) is 21.1 Å². The van der Waals surface area contributed by atoms with Crippen LogP contribution in [0.25, 0.3) is 0 Å². The van der Waals surface area contributed by atoms with E-state index in [4.69, 9.17) is 16.7 Å². The number of likely N-dealkylation sites (tertiary alicyclic amines) is 1. The van der Waals surface area contributed by atoms with Crippen LogP contribution in [0.1, 0.15) is 86.5 Å². The lowest BCUT2D eigenvalue weighted by atomic mass is 9.86. The average molecular weight is 555 g/mol. The highest BCUT2D eigenvalue weighted by Crippen LogP contribution is 2.45. The average Bonchev–Trinajstić information content (AvgIpc) is 3.49. The van der Waals surface area contributed by atoms with Gasteiger partial charge in [-0.25, -0.2) is 8.42 Å². The molecule has 9 heteroatoms. The van der Waals surface area contributed by atoms with Crippen LogP contribution in [0.3, 0.4) is 0 Å². The number of carbonyl (C=O) groups excluding carboxylic acids is 1. The number of benzene rings is 1. The first kappa shape index (κ1) is 26.9. The lowest BCUT2D eigenvalue weighted by molar-refractivity contribution is -0.130. The molecule has 1 aromatic carbocycles. The molecule has 1 aliphatic carbocycles. The number of sulfone groups is 1. The fourth-order valence-corrected chi connectivity index (χ4v) is 6.40. The van der Waals surface area contributed by atoms with Gasteiger partial charge in [0.05, 0.1) is 16.3 Å². The van der Waals surface area contributed by atoms with Gasteiger partial charge in [0, 0.05) is 65.9 Å². The monoisotopic (exact) mass is 554 g/mol. The molecule has 38 heavy (non-hydrogen) atoms. The molecule has 0 radical (unpaired) electrons.